The first kappa shape index (κ1) is 38.0. The summed E-state index contributed by atoms with van der Waals surface area (Å²) in [6.45, 7) is 10.8. The summed E-state index contributed by atoms with van der Waals surface area (Å²) in [7, 11) is 0. The topological polar surface area (TPSA) is 0 Å². The molecule has 0 saturated carbocycles. The third-order valence-electron chi connectivity index (χ3n) is 11.5. The van der Waals surface area contributed by atoms with Crippen molar-refractivity contribution >= 4 is 27.1 Å². The first-order valence-electron chi connectivity index (χ1n) is 20.7. The summed E-state index contributed by atoms with van der Waals surface area (Å²) >= 11 is 0. The molecule has 60 heavy (non-hydrogen) atoms. The van der Waals surface area contributed by atoms with E-state index in [0.29, 0.717) is 0 Å². The Balaban J connectivity index is 1.26. The molecule has 0 amide bonds. The lowest BCUT2D eigenvalue weighted by atomic mass is 9.81. The molecule has 0 aliphatic carbocycles. The van der Waals surface area contributed by atoms with Crippen molar-refractivity contribution in [2.45, 2.75) is 13.3 Å². The summed E-state index contributed by atoms with van der Waals surface area (Å²) in [5.74, 6) is 0. The summed E-state index contributed by atoms with van der Waals surface area (Å²) in [6.07, 6.45) is 9.16. The molecule has 0 unspecified atom stereocenters. The fourth-order valence-electron chi connectivity index (χ4n) is 8.56. The van der Waals surface area contributed by atoms with Crippen LogP contribution in [0.5, 0.6) is 0 Å². The minimum atomic E-state index is 0.774. The van der Waals surface area contributed by atoms with Gasteiger partial charge in [0.15, 0.2) is 0 Å². The van der Waals surface area contributed by atoms with Crippen LogP contribution in [-0.2, 0) is 0 Å². The van der Waals surface area contributed by atoms with Gasteiger partial charge >= 0.3 is 0 Å². The summed E-state index contributed by atoms with van der Waals surface area (Å²) in [6, 6.07) is 72.8. The van der Waals surface area contributed by atoms with Crippen molar-refractivity contribution in [3.05, 3.63) is 249 Å². The van der Waals surface area contributed by atoms with Crippen LogP contribution in [0, 0.1) is 0 Å². The van der Waals surface area contributed by atoms with Crippen molar-refractivity contribution in [2.75, 3.05) is 0 Å². The van der Waals surface area contributed by atoms with Crippen LogP contribution in [0.2, 0.25) is 0 Å². The van der Waals surface area contributed by atoms with Crippen LogP contribution in [0.25, 0.3) is 93.9 Å². The number of hydrogen-bond donors (Lipinski definition) is 0. The lowest BCUT2D eigenvalue weighted by molar-refractivity contribution is 1.30. The summed E-state index contributed by atoms with van der Waals surface area (Å²) in [5, 5.41) is 4.82. The number of rotatable bonds is 11. The quantitative estimate of drug-likeness (QED) is 0.0908. The molecule has 0 N–H and O–H groups in total. The van der Waals surface area contributed by atoms with Gasteiger partial charge in [0, 0.05) is 0 Å². The molecule has 9 aromatic carbocycles. The minimum absolute atomic E-state index is 0.774. The molecule has 0 fully saturated rings. The van der Waals surface area contributed by atoms with Crippen LogP contribution in [0.3, 0.4) is 0 Å². The molecule has 0 spiro atoms. The molecule has 286 valence electrons. The van der Waals surface area contributed by atoms with Gasteiger partial charge in [0.25, 0.3) is 0 Å². The van der Waals surface area contributed by atoms with E-state index in [1.54, 1.807) is 0 Å². The summed E-state index contributed by atoms with van der Waals surface area (Å²) < 4.78 is 0. The number of allylic oxidation sites excluding steroid dienone is 6. The van der Waals surface area contributed by atoms with E-state index < -0.39 is 0 Å². The van der Waals surface area contributed by atoms with E-state index in [2.05, 4.69) is 232 Å². The van der Waals surface area contributed by atoms with Crippen LogP contribution in [0.4, 0.5) is 0 Å². The second-order valence-corrected chi connectivity index (χ2v) is 15.3. The van der Waals surface area contributed by atoms with Crippen LogP contribution < -0.4 is 0 Å². The summed E-state index contributed by atoms with van der Waals surface area (Å²) in [4.78, 5) is 0. The highest BCUT2D eigenvalue weighted by molar-refractivity contribution is 6.23. The Morgan fingerprint density at radius 2 is 0.783 bits per heavy atom. The average molecular weight is 767 g/mol. The van der Waals surface area contributed by atoms with Crippen molar-refractivity contribution in [1.29, 1.82) is 0 Å². The SMILES string of the molecule is C=C(/C=C\C)C/C=C\C(=C)c1ccc2c(-c3ccccc3-c3ccc(-c4ccccc4)cc3)c3ccccc3c(-c3ccccc3-c3ccc(-c4ccccc4)cc3)c2c1. The van der Waals surface area contributed by atoms with Gasteiger partial charge in [-0.15, -0.1) is 0 Å². The van der Waals surface area contributed by atoms with Gasteiger partial charge in [-0.25, -0.2) is 0 Å². The molecule has 9 aromatic rings. The number of fused-ring (bicyclic) bond motifs is 2. The molecule has 0 bridgehead atoms. The van der Waals surface area contributed by atoms with E-state index in [-0.39, 0.29) is 0 Å². The normalized spacial score (nSPS) is 11.5. The lowest BCUT2D eigenvalue weighted by Crippen LogP contribution is -1.95. The van der Waals surface area contributed by atoms with E-state index >= 15 is 0 Å². The van der Waals surface area contributed by atoms with E-state index in [0.717, 1.165) is 23.1 Å². The highest BCUT2D eigenvalue weighted by Gasteiger charge is 2.21. The van der Waals surface area contributed by atoms with Crippen molar-refractivity contribution in [2.24, 2.45) is 0 Å². The smallest absolute Gasteiger partial charge is 0.00199 e. The predicted octanol–water partition coefficient (Wildman–Crippen LogP) is 17.1. The Labute approximate surface area is 354 Å². The third-order valence-corrected chi connectivity index (χ3v) is 11.5. The lowest BCUT2D eigenvalue weighted by Gasteiger charge is -2.22. The standard InChI is InChI=1S/C60H46/c1-4-18-42(2)19-17-20-43(3)50-39-40-57-58(41-50)60(54-28-14-12-26-52(54)49-37-33-47(34-38-49)45-23-9-6-10-24-45)56-30-16-15-29-55(56)59(57)53-27-13-11-25-51(53)48-35-31-46(32-36-48)44-21-7-5-8-22-44/h4-18,20-41H,2-3,19H2,1H3/b18-4-,20-17-. The van der Waals surface area contributed by atoms with Crippen LogP contribution in [-0.4, -0.2) is 0 Å². The van der Waals surface area contributed by atoms with Gasteiger partial charge in [-0.3, -0.25) is 0 Å². The van der Waals surface area contributed by atoms with Gasteiger partial charge in [-0.2, -0.15) is 0 Å². The molecule has 0 aliphatic heterocycles. The molecule has 0 saturated heterocycles. The van der Waals surface area contributed by atoms with Crippen molar-refractivity contribution in [3.8, 4) is 66.8 Å². The molecule has 0 aliphatic rings. The van der Waals surface area contributed by atoms with Crippen molar-refractivity contribution < 1.29 is 0 Å². The first-order chi connectivity index (χ1) is 29.6. The Kier molecular flexibility index (Phi) is 10.8. The zero-order chi connectivity index (χ0) is 40.8. The van der Waals surface area contributed by atoms with Gasteiger partial charge in [-0.1, -0.05) is 237 Å². The van der Waals surface area contributed by atoms with Gasteiger partial charge < -0.3 is 0 Å². The third kappa shape index (κ3) is 7.60. The Morgan fingerprint density at radius 1 is 0.383 bits per heavy atom. The molecular weight excluding hydrogens is 721 g/mol. The second-order valence-electron chi connectivity index (χ2n) is 15.3. The molecule has 9 rings (SSSR count). The fraction of sp³-hybridized carbons (Fsp3) is 0.0333. The summed E-state index contributed by atoms with van der Waals surface area (Å²) in [5.41, 5.74) is 17.6. The molecule has 0 aromatic heterocycles. The molecule has 0 radical (unpaired) electrons. The molecular formula is C60H46. The highest BCUT2D eigenvalue weighted by atomic mass is 14.2. The van der Waals surface area contributed by atoms with E-state index in [1.807, 2.05) is 13.0 Å². The first-order valence-corrected chi connectivity index (χ1v) is 20.7. The average Bonchev–Trinajstić information content (AvgIpc) is 3.31. The maximum absolute atomic E-state index is 4.57. The highest BCUT2D eigenvalue weighted by Crippen LogP contribution is 2.48. The van der Waals surface area contributed by atoms with E-state index in [1.165, 1.54) is 88.3 Å². The zero-order valence-corrected chi connectivity index (χ0v) is 34.0. The van der Waals surface area contributed by atoms with E-state index in [4.69, 9.17) is 0 Å². The van der Waals surface area contributed by atoms with Gasteiger partial charge in [-0.05, 0) is 119 Å². The van der Waals surface area contributed by atoms with E-state index in [9.17, 15) is 0 Å². The van der Waals surface area contributed by atoms with Crippen LogP contribution >= 0.6 is 0 Å². The second kappa shape index (κ2) is 17.1. The molecule has 0 atom stereocenters. The minimum Gasteiger partial charge on any atom is -0.0955 e. The maximum atomic E-state index is 4.57. The Hall–Kier alpha value is -7.54. The molecule has 0 nitrogen and oxygen atoms in total. The number of hydrogen-bond acceptors (Lipinski definition) is 0. The zero-order valence-electron chi connectivity index (χ0n) is 34.0. The van der Waals surface area contributed by atoms with Crippen molar-refractivity contribution in [3.63, 3.8) is 0 Å². The Bertz CT molecular complexity index is 3050. The molecule has 0 heteroatoms. The fourth-order valence-corrected chi connectivity index (χ4v) is 8.56. The molecule has 0 heterocycles. The largest absolute Gasteiger partial charge is 0.0955 e. The van der Waals surface area contributed by atoms with Crippen LogP contribution in [0.1, 0.15) is 18.9 Å². The van der Waals surface area contributed by atoms with Gasteiger partial charge in [0.05, 0.1) is 0 Å². The monoisotopic (exact) mass is 766 g/mol. The van der Waals surface area contributed by atoms with Crippen LogP contribution in [0.15, 0.2) is 243 Å². The van der Waals surface area contributed by atoms with Crippen molar-refractivity contribution in [1.82, 2.24) is 0 Å². The number of benzene rings is 9. The Morgan fingerprint density at radius 3 is 1.28 bits per heavy atom. The predicted molar refractivity (Wildman–Crippen MR) is 261 cm³/mol. The van der Waals surface area contributed by atoms with Gasteiger partial charge in [0.1, 0.15) is 0 Å². The maximum Gasteiger partial charge on any atom is -0.00199 e. The van der Waals surface area contributed by atoms with Gasteiger partial charge in [0.2, 0.25) is 0 Å².